The first-order valence-electron chi connectivity index (χ1n) is 8.81. The summed E-state index contributed by atoms with van der Waals surface area (Å²) in [6, 6.07) is 2.95. The minimum atomic E-state index is -0.466. The number of aromatic nitrogens is 3. The number of hydrogen-bond donors (Lipinski definition) is 2. The largest absolute Gasteiger partial charge is 0.347 e. The van der Waals surface area contributed by atoms with Gasteiger partial charge in [-0.05, 0) is 31.4 Å². The van der Waals surface area contributed by atoms with Crippen molar-refractivity contribution in [3.63, 3.8) is 0 Å². The van der Waals surface area contributed by atoms with Crippen LogP contribution in [0.1, 0.15) is 48.9 Å². The van der Waals surface area contributed by atoms with Gasteiger partial charge in [-0.1, -0.05) is 19.3 Å². The fourth-order valence-electron chi connectivity index (χ4n) is 3.88. The second-order valence-electron chi connectivity index (χ2n) is 6.81. The van der Waals surface area contributed by atoms with E-state index < -0.39 is 6.04 Å². The number of fused-ring (bicyclic) bond motifs is 1. The Morgan fingerprint density at radius 2 is 2.00 bits per heavy atom. The molecule has 2 N–H and O–H groups in total. The van der Waals surface area contributed by atoms with Crippen molar-refractivity contribution in [2.75, 3.05) is 6.54 Å². The van der Waals surface area contributed by atoms with Crippen LogP contribution in [0.4, 0.5) is 0 Å². The minimum Gasteiger partial charge on any atom is -0.340 e. The molecule has 0 radical (unpaired) electrons. The van der Waals surface area contributed by atoms with Crippen LogP contribution in [0.25, 0.3) is 5.65 Å². The summed E-state index contributed by atoms with van der Waals surface area (Å²) in [7, 11) is 0. The standard InChI is InChI=1S/C17H21N5O3/c23-15(11-6-8-22-14(10-11)19-20-17(22)25)18-13-7-9-21(16(13)24)12-4-2-1-3-5-12/h6,8,10,12-13H,1-5,7,9H2,(H,18,23)(H,20,25). The number of pyridine rings is 1. The number of likely N-dealkylation sites (tertiary alicyclic amines) is 1. The van der Waals surface area contributed by atoms with E-state index in [-0.39, 0.29) is 17.5 Å². The number of aromatic amines is 1. The fourth-order valence-corrected chi connectivity index (χ4v) is 3.88. The lowest BCUT2D eigenvalue weighted by atomic mass is 9.94. The zero-order valence-corrected chi connectivity index (χ0v) is 13.9. The van der Waals surface area contributed by atoms with Crippen molar-refractivity contribution in [1.82, 2.24) is 24.8 Å². The molecule has 1 aliphatic carbocycles. The third-order valence-electron chi connectivity index (χ3n) is 5.24. The number of hydrogen-bond acceptors (Lipinski definition) is 4. The first kappa shape index (κ1) is 15.9. The maximum atomic E-state index is 12.6. The summed E-state index contributed by atoms with van der Waals surface area (Å²) < 4.78 is 1.32. The van der Waals surface area contributed by atoms with E-state index in [0.29, 0.717) is 30.2 Å². The van der Waals surface area contributed by atoms with Crippen molar-refractivity contribution in [2.45, 2.75) is 50.6 Å². The predicted octanol–water partition coefficient (Wildman–Crippen LogP) is 0.686. The van der Waals surface area contributed by atoms with Gasteiger partial charge in [0.25, 0.3) is 5.91 Å². The Morgan fingerprint density at radius 3 is 2.80 bits per heavy atom. The third kappa shape index (κ3) is 2.92. The van der Waals surface area contributed by atoms with Gasteiger partial charge in [0.15, 0.2) is 5.65 Å². The van der Waals surface area contributed by atoms with Gasteiger partial charge in [-0.15, -0.1) is 0 Å². The molecule has 2 fully saturated rings. The molecule has 2 aromatic heterocycles. The van der Waals surface area contributed by atoms with Gasteiger partial charge in [-0.3, -0.25) is 14.0 Å². The molecule has 1 aliphatic heterocycles. The number of carbonyl (C=O) groups excluding carboxylic acids is 2. The molecule has 1 saturated heterocycles. The fraction of sp³-hybridized carbons (Fsp3) is 0.529. The van der Waals surface area contributed by atoms with Gasteiger partial charge in [-0.25, -0.2) is 9.89 Å². The number of H-pyrrole nitrogens is 1. The zero-order valence-electron chi connectivity index (χ0n) is 13.9. The molecule has 0 aromatic carbocycles. The molecule has 1 atom stereocenters. The summed E-state index contributed by atoms with van der Waals surface area (Å²) in [4.78, 5) is 38.5. The van der Waals surface area contributed by atoms with Crippen LogP contribution in [-0.2, 0) is 4.79 Å². The SMILES string of the molecule is O=C(NC1CCN(C2CCCCC2)C1=O)c1ccn2c(=O)[nH]nc2c1. The minimum absolute atomic E-state index is 0.0253. The van der Waals surface area contributed by atoms with Crippen LogP contribution in [0.3, 0.4) is 0 Å². The number of nitrogens with zero attached hydrogens (tertiary/aromatic N) is 3. The van der Waals surface area contributed by atoms with Crippen LogP contribution in [0.15, 0.2) is 23.1 Å². The van der Waals surface area contributed by atoms with E-state index in [0.717, 1.165) is 12.8 Å². The quantitative estimate of drug-likeness (QED) is 0.856. The van der Waals surface area contributed by atoms with Gasteiger partial charge in [0.2, 0.25) is 5.91 Å². The third-order valence-corrected chi connectivity index (χ3v) is 5.24. The monoisotopic (exact) mass is 343 g/mol. The van der Waals surface area contributed by atoms with Crippen LogP contribution in [0.5, 0.6) is 0 Å². The molecular weight excluding hydrogens is 322 g/mol. The summed E-state index contributed by atoms with van der Waals surface area (Å²) in [5.74, 6) is -0.292. The van der Waals surface area contributed by atoms with Gasteiger partial charge in [0.05, 0.1) is 0 Å². The smallest absolute Gasteiger partial charge is 0.340 e. The maximum absolute atomic E-state index is 12.6. The first-order chi connectivity index (χ1) is 12.1. The highest BCUT2D eigenvalue weighted by atomic mass is 16.2. The summed E-state index contributed by atoms with van der Waals surface area (Å²) in [5, 5.41) is 9.01. The Kier molecular flexibility index (Phi) is 4.03. The maximum Gasteiger partial charge on any atom is 0.347 e. The highest BCUT2D eigenvalue weighted by molar-refractivity contribution is 5.98. The second kappa shape index (κ2) is 6.34. The number of rotatable bonds is 3. The number of carbonyl (C=O) groups is 2. The molecule has 2 aliphatic rings. The number of amides is 2. The molecule has 8 nitrogen and oxygen atoms in total. The average molecular weight is 343 g/mol. The Labute approximate surface area is 144 Å². The topological polar surface area (TPSA) is 99.6 Å². The summed E-state index contributed by atoms with van der Waals surface area (Å²) in [6.07, 6.45) is 7.88. The van der Waals surface area contributed by atoms with Crippen molar-refractivity contribution in [2.24, 2.45) is 0 Å². The molecule has 1 unspecified atom stereocenters. The Hall–Kier alpha value is -2.64. The van der Waals surface area contributed by atoms with Crippen molar-refractivity contribution < 1.29 is 9.59 Å². The van der Waals surface area contributed by atoms with Crippen LogP contribution in [0, 0.1) is 0 Å². The van der Waals surface area contributed by atoms with E-state index in [9.17, 15) is 14.4 Å². The average Bonchev–Trinajstić information content (AvgIpc) is 3.19. The van der Waals surface area contributed by atoms with E-state index in [1.807, 2.05) is 4.90 Å². The lowest BCUT2D eigenvalue weighted by molar-refractivity contribution is -0.131. The second-order valence-corrected chi connectivity index (χ2v) is 6.81. The van der Waals surface area contributed by atoms with Crippen molar-refractivity contribution >= 4 is 17.5 Å². The molecule has 1 saturated carbocycles. The van der Waals surface area contributed by atoms with E-state index >= 15 is 0 Å². The summed E-state index contributed by atoms with van der Waals surface area (Å²) >= 11 is 0. The lowest BCUT2D eigenvalue weighted by Crippen LogP contribution is -2.45. The van der Waals surface area contributed by atoms with Crippen molar-refractivity contribution in [3.8, 4) is 0 Å². The van der Waals surface area contributed by atoms with Gasteiger partial charge < -0.3 is 10.2 Å². The summed E-state index contributed by atoms with van der Waals surface area (Å²) in [5.41, 5.74) is 0.408. The van der Waals surface area contributed by atoms with E-state index in [1.54, 1.807) is 6.07 Å². The predicted molar refractivity (Wildman–Crippen MR) is 90.3 cm³/mol. The molecule has 4 rings (SSSR count). The molecule has 2 aromatic rings. The van der Waals surface area contributed by atoms with Crippen LogP contribution in [0.2, 0.25) is 0 Å². The Balaban J connectivity index is 1.45. The molecule has 2 amide bonds. The van der Waals surface area contributed by atoms with Gasteiger partial charge in [0, 0.05) is 24.3 Å². The Bertz CT molecular complexity index is 865. The van der Waals surface area contributed by atoms with E-state index in [2.05, 4.69) is 15.5 Å². The summed E-state index contributed by atoms with van der Waals surface area (Å²) in [6.45, 7) is 0.711. The molecule has 132 valence electrons. The molecular formula is C17H21N5O3. The highest BCUT2D eigenvalue weighted by Crippen LogP contribution is 2.26. The number of nitrogens with one attached hydrogen (secondary N) is 2. The zero-order chi connectivity index (χ0) is 17.4. The van der Waals surface area contributed by atoms with E-state index in [4.69, 9.17) is 0 Å². The lowest BCUT2D eigenvalue weighted by Gasteiger charge is -2.31. The van der Waals surface area contributed by atoms with Crippen molar-refractivity contribution in [1.29, 1.82) is 0 Å². The normalized spacial score (nSPS) is 21.8. The van der Waals surface area contributed by atoms with Crippen LogP contribution in [-0.4, -0.2) is 49.9 Å². The van der Waals surface area contributed by atoms with Gasteiger partial charge in [-0.2, -0.15) is 5.10 Å². The van der Waals surface area contributed by atoms with Gasteiger partial charge in [0.1, 0.15) is 6.04 Å². The van der Waals surface area contributed by atoms with Crippen LogP contribution < -0.4 is 11.0 Å². The first-order valence-corrected chi connectivity index (χ1v) is 8.81. The molecule has 25 heavy (non-hydrogen) atoms. The highest BCUT2D eigenvalue weighted by Gasteiger charge is 2.37. The van der Waals surface area contributed by atoms with Gasteiger partial charge >= 0.3 is 5.69 Å². The Morgan fingerprint density at radius 1 is 1.20 bits per heavy atom. The molecule has 0 spiro atoms. The molecule has 8 heteroatoms. The van der Waals surface area contributed by atoms with Crippen molar-refractivity contribution in [3.05, 3.63) is 34.4 Å². The van der Waals surface area contributed by atoms with E-state index in [1.165, 1.54) is 35.9 Å². The van der Waals surface area contributed by atoms with Crippen LogP contribution >= 0.6 is 0 Å². The molecule has 0 bridgehead atoms. The molecule has 3 heterocycles.